The standard InChI is InChI=1S/C12H12BrF2NO/c1-2-3-6-9(5-16)17-12-10(6)7(13)4-8(14)11(12)15/h4H,2-3,5,16H2,1H3. The third kappa shape index (κ3) is 1.98. The second-order valence-corrected chi connectivity index (χ2v) is 4.67. The Balaban J connectivity index is 2.82. The molecule has 5 heteroatoms. The summed E-state index contributed by atoms with van der Waals surface area (Å²) in [4.78, 5) is 0. The van der Waals surface area contributed by atoms with Crippen LogP contribution in [-0.4, -0.2) is 0 Å². The second kappa shape index (κ2) is 4.74. The lowest BCUT2D eigenvalue weighted by Gasteiger charge is -2.00. The molecule has 0 aliphatic rings. The second-order valence-electron chi connectivity index (χ2n) is 3.82. The van der Waals surface area contributed by atoms with Crippen LogP contribution in [0.4, 0.5) is 8.78 Å². The smallest absolute Gasteiger partial charge is 0.201 e. The van der Waals surface area contributed by atoms with Crippen molar-refractivity contribution in [3.8, 4) is 0 Å². The summed E-state index contributed by atoms with van der Waals surface area (Å²) in [5.41, 5.74) is 6.36. The van der Waals surface area contributed by atoms with Gasteiger partial charge in [0.1, 0.15) is 5.76 Å². The number of aryl methyl sites for hydroxylation is 1. The fourth-order valence-electron chi connectivity index (χ4n) is 1.95. The minimum atomic E-state index is -0.958. The maximum absolute atomic E-state index is 13.6. The molecule has 0 fully saturated rings. The molecule has 2 aromatic rings. The zero-order valence-corrected chi connectivity index (χ0v) is 10.9. The quantitative estimate of drug-likeness (QED) is 0.874. The Labute approximate surface area is 106 Å². The van der Waals surface area contributed by atoms with Gasteiger partial charge in [-0.2, -0.15) is 4.39 Å². The summed E-state index contributed by atoms with van der Waals surface area (Å²) in [6, 6.07) is 1.12. The van der Waals surface area contributed by atoms with Crippen LogP contribution in [-0.2, 0) is 13.0 Å². The Morgan fingerprint density at radius 2 is 2.12 bits per heavy atom. The van der Waals surface area contributed by atoms with Crippen molar-refractivity contribution in [1.29, 1.82) is 0 Å². The number of benzene rings is 1. The van der Waals surface area contributed by atoms with Gasteiger partial charge in [0.05, 0.1) is 6.54 Å². The third-order valence-corrected chi connectivity index (χ3v) is 3.30. The molecule has 0 bridgehead atoms. The van der Waals surface area contributed by atoms with Crippen molar-refractivity contribution in [3.05, 3.63) is 33.5 Å². The zero-order chi connectivity index (χ0) is 12.6. The minimum Gasteiger partial charge on any atom is -0.456 e. The van der Waals surface area contributed by atoms with Crippen LogP contribution in [0.5, 0.6) is 0 Å². The van der Waals surface area contributed by atoms with Crippen LogP contribution in [0.1, 0.15) is 24.7 Å². The van der Waals surface area contributed by atoms with E-state index >= 15 is 0 Å². The SMILES string of the molecule is CCCc1c(CN)oc2c(F)c(F)cc(Br)c12. The first-order chi connectivity index (χ1) is 8.10. The van der Waals surface area contributed by atoms with E-state index in [0.29, 0.717) is 15.6 Å². The Hall–Kier alpha value is -0.940. The molecule has 17 heavy (non-hydrogen) atoms. The molecule has 0 spiro atoms. The van der Waals surface area contributed by atoms with E-state index in [1.807, 2.05) is 6.92 Å². The van der Waals surface area contributed by atoms with E-state index in [0.717, 1.165) is 24.5 Å². The van der Waals surface area contributed by atoms with E-state index < -0.39 is 11.6 Å². The van der Waals surface area contributed by atoms with Gasteiger partial charge < -0.3 is 10.2 Å². The van der Waals surface area contributed by atoms with E-state index in [9.17, 15) is 8.78 Å². The molecule has 1 heterocycles. The van der Waals surface area contributed by atoms with E-state index in [1.165, 1.54) is 0 Å². The molecular formula is C12H12BrF2NO. The van der Waals surface area contributed by atoms with Crippen molar-refractivity contribution in [1.82, 2.24) is 0 Å². The first-order valence-corrected chi connectivity index (χ1v) is 6.17. The largest absolute Gasteiger partial charge is 0.456 e. The summed E-state index contributed by atoms with van der Waals surface area (Å²) in [5, 5.41) is 0.589. The molecule has 0 aliphatic heterocycles. The fourth-order valence-corrected chi connectivity index (χ4v) is 2.57. The van der Waals surface area contributed by atoms with Crippen molar-refractivity contribution < 1.29 is 13.2 Å². The zero-order valence-electron chi connectivity index (χ0n) is 9.32. The van der Waals surface area contributed by atoms with Gasteiger partial charge >= 0.3 is 0 Å². The number of fused-ring (bicyclic) bond motifs is 1. The van der Waals surface area contributed by atoms with Crippen LogP contribution in [0.15, 0.2) is 15.0 Å². The number of nitrogens with two attached hydrogens (primary N) is 1. The molecule has 2 nitrogen and oxygen atoms in total. The fraction of sp³-hybridized carbons (Fsp3) is 0.333. The highest BCUT2D eigenvalue weighted by atomic mass is 79.9. The lowest BCUT2D eigenvalue weighted by Crippen LogP contribution is -1.98. The average molecular weight is 304 g/mol. The molecule has 2 rings (SSSR count). The minimum absolute atomic E-state index is 0.0548. The van der Waals surface area contributed by atoms with Crippen molar-refractivity contribution in [2.24, 2.45) is 5.73 Å². The maximum Gasteiger partial charge on any atom is 0.201 e. The highest BCUT2D eigenvalue weighted by Crippen LogP contribution is 2.35. The summed E-state index contributed by atoms with van der Waals surface area (Å²) in [5.74, 6) is -1.36. The normalized spacial score (nSPS) is 11.4. The van der Waals surface area contributed by atoms with Gasteiger partial charge in [-0.05, 0) is 28.4 Å². The van der Waals surface area contributed by atoms with Gasteiger partial charge in [-0.15, -0.1) is 0 Å². The first kappa shape index (κ1) is 12.5. The van der Waals surface area contributed by atoms with E-state index in [4.69, 9.17) is 10.2 Å². The van der Waals surface area contributed by atoms with Gasteiger partial charge in [-0.1, -0.05) is 13.3 Å². The Bertz CT molecular complexity index is 565. The van der Waals surface area contributed by atoms with Crippen molar-refractivity contribution in [2.75, 3.05) is 0 Å². The van der Waals surface area contributed by atoms with Crippen LogP contribution < -0.4 is 5.73 Å². The molecule has 0 saturated carbocycles. The van der Waals surface area contributed by atoms with Crippen molar-refractivity contribution >= 4 is 26.9 Å². The Morgan fingerprint density at radius 1 is 1.41 bits per heavy atom. The van der Waals surface area contributed by atoms with Crippen LogP contribution >= 0.6 is 15.9 Å². The highest BCUT2D eigenvalue weighted by molar-refractivity contribution is 9.10. The van der Waals surface area contributed by atoms with Crippen LogP contribution in [0.3, 0.4) is 0 Å². The molecule has 0 atom stereocenters. The average Bonchev–Trinajstić information content (AvgIpc) is 2.66. The molecule has 1 aromatic carbocycles. The molecule has 0 radical (unpaired) electrons. The topological polar surface area (TPSA) is 39.2 Å². The van der Waals surface area contributed by atoms with Crippen molar-refractivity contribution in [3.63, 3.8) is 0 Å². The predicted molar refractivity (Wildman–Crippen MR) is 65.7 cm³/mol. The number of rotatable bonds is 3. The summed E-state index contributed by atoms with van der Waals surface area (Å²) in [6.07, 6.45) is 1.61. The maximum atomic E-state index is 13.6. The molecule has 0 aliphatic carbocycles. The van der Waals surface area contributed by atoms with Gasteiger partial charge in [-0.25, -0.2) is 4.39 Å². The highest BCUT2D eigenvalue weighted by Gasteiger charge is 2.21. The van der Waals surface area contributed by atoms with E-state index in [-0.39, 0.29) is 12.1 Å². The van der Waals surface area contributed by atoms with E-state index in [2.05, 4.69) is 15.9 Å². The van der Waals surface area contributed by atoms with Gasteiger partial charge in [0.25, 0.3) is 0 Å². The number of hydrogen-bond acceptors (Lipinski definition) is 2. The van der Waals surface area contributed by atoms with Gasteiger partial charge in [0.2, 0.25) is 5.82 Å². The monoisotopic (exact) mass is 303 g/mol. The number of hydrogen-bond donors (Lipinski definition) is 1. The Kier molecular flexibility index (Phi) is 3.49. The van der Waals surface area contributed by atoms with Gasteiger partial charge in [0.15, 0.2) is 11.4 Å². The molecular weight excluding hydrogens is 292 g/mol. The summed E-state index contributed by atoms with van der Waals surface area (Å²) in [6.45, 7) is 2.18. The van der Waals surface area contributed by atoms with Crippen LogP contribution in [0.2, 0.25) is 0 Å². The molecule has 1 aromatic heterocycles. The molecule has 2 N–H and O–H groups in total. The van der Waals surface area contributed by atoms with Crippen LogP contribution in [0.25, 0.3) is 11.0 Å². The molecule has 0 saturated heterocycles. The third-order valence-electron chi connectivity index (χ3n) is 2.68. The Morgan fingerprint density at radius 3 is 2.71 bits per heavy atom. The summed E-state index contributed by atoms with van der Waals surface area (Å²) < 4.78 is 32.7. The lowest BCUT2D eigenvalue weighted by atomic mass is 10.1. The van der Waals surface area contributed by atoms with Gasteiger partial charge in [0, 0.05) is 15.4 Å². The first-order valence-electron chi connectivity index (χ1n) is 5.38. The lowest BCUT2D eigenvalue weighted by molar-refractivity contribution is 0.477. The molecule has 0 amide bonds. The summed E-state index contributed by atoms with van der Waals surface area (Å²) in [7, 11) is 0. The number of furan rings is 1. The predicted octanol–water partition coefficient (Wildman–Crippen LogP) is 3.88. The van der Waals surface area contributed by atoms with Gasteiger partial charge in [-0.3, -0.25) is 0 Å². The number of halogens is 3. The summed E-state index contributed by atoms with van der Waals surface area (Å²) >= 11 is 3.24. The van der Waals surface area contributed by atoms with E-state index in [1.54, 1.807) is 0 Å². The molecule has 0 unspecified atom stereocenters. The molecule has 92 valence electrons. The van der Waals surface area contributed by atoms with Crippen molar-refractivity contribution in [2.45, 2.75) is 26.3 Å². The van der Waals surface area contributed by atoms with Crippen LogP contribution in [0, 0.1) is 11.6 Å².